The van der Waals surface area contributed by atoms with E-state index >= 15 is 0 Å². The summed E-state index contributed by atoms with van der Waals surface area (Å²) in [5.74, 6) is 1.56. The minimum atomic E-state index is 0.474. The molecule has 94 valence electrons. The molecule has 5 heteroatoms. The average Bonchev–Trinajstić information content (AvgIpc) is 2.39. The standard InChI is InChI=1S/C13H15N3O2/c1-8-10(9-4-5-12(14)15-7-9)6-11(17-2)13(16-8)18-3/h4-7H,1-3H3,(H2,14,15). The normalized spacial score (nSPS) is 10.2. The number of nitrogens with two attached hydrogens (primary N) is 1. The summed E-state index contributed by atoms with van der Waals surface area (Å²) in [4.78, 5) is 8.43. The fourth-order valence-corrected chi connectivity index (χ4v) is 1.71. The van der Waals surface area contributed by atoms with Gasteiger partial charge in [0.15, 0.2) is 5.75 Å². The molecule has 0 aliphatic carbocycles. The minimum Gasteiger partial charge on any atom is -0.491 e. The molecule has 0 aliphatic rings. The summed E-state index contributed by atoms with van der Waals surface area (Å²) in [6.07, 6.45) is 1.71. The molecule has 0 spiro atoms. The molecule has 0 fully saturated rings. The summed E-state index contributed by atoms with van der Waals surface area (Å²) >= 11 is 0. The lowest BCUT2D eigenvalue weighted by Crippen LogP contribution is -1.98. The highest BCUT2D eigenvalue weighted by Crippen LogP contribution is 2.32. The zero-order valence-electron chi connectivity index (χ0n) is 10.6. The van der Waals surface area contributed by atoms with E-state index in [4.69, 9.17) is 15.2 Å². The molecular weight excluding hydrogens is 230 g/mol. The number of ether oxygens (including phenoxy) is 2. The van der Waals surface area contributed by atoms with E-state index in [1.54, 1.807) is 26.5 Å². The van der Waals surface area contributed by atoms with E-state index in [2.05, 4.69) is 9.97 Å². The number of anilines is 1. The molecular formula is C13H15N3O2. The number of hydrogen-bond donors (Lipinski definition) is 1. The Morgan fingerprint density at radius 1 is 1.17 bits per heavy atom. The number of rotatable bonds is 3. The monoisotopic (exact) mass is 245 g/mol. The molecule has 0 amide bonds. The molecule has 2 rings (SSSR count). The summed E-state index contributed by atoms with van der Waals surface area (Å²) < 4.78 is 10.4. The van der Waals surface area contributed by atoms with Gasteiger partial charge in [0.2, 0.25) is 0 Å². The Hall–Kier alpha value is -2.30. The van der Waals surface area contributed by atoms with Crippen LogP contribution in [-0.4, -0.2) is 24.2 Å². The maximum atomic E-state index is 5.57. The Morgan fingerprint density at radius 2 is 1.94 bits per heavy atom. The van der Waals surface area contributed by atoms with E-state index in [9.17, 15) is 0 Å². The van der Waals surface area contributed by atoms with Crippen molar-refractivity contribution >= 4 is 5.82 Å². The van der Waals surface area contributed by atoms with Gasteiger partial charge >= 0.3 is 0 Å². The summed E-state index contributed by atoms with van der Waals surface area (Å²) in [5, 5.41) is 0. The molecule has 0 unspecified atom stereocenters. The number of hydrogen-bond acceptors (Lipinski definition) is 5. The number of nitrogen functional groups attached to an aromatic ring is 1. The van der Waals surface area contributed by atoms with E-state index in [-0.39, 0.29) is 0 Å². The fraction of sp³-hybridized carbons (Fsp3) is 0.231. The highest BCUT2D eigenvalue weighted by Gasteiger charge is 2.11. The van der Waals surface area contributed by atoms with Crippen LogP contribution in [0.5, 0.6) is 11.6 Å². The maximum absolute atomic E-state index is 5.57. The number of methoxy groups -OCH3 is 2. The third-order valence-corrected chi connectivity index (χ3v) is 2.66. The molecule has 2 heterocycles. The van der Waals surface area contributed by atoms with Gasteiger partial charge < -0.3 is 15.2 Å². The molecule has 2 N–H and O–H groups in total. The van der Waals surface area contributed by atoms with Gasteiger partial charge in [-0.25, -0.2) is 9.97 Å². The number of aryl methyl sites for hydroxylation is 1. The molecule has 0 aromatic carbocycles. The largest absolute Gasteiger partial charge is 0.491 e. The van der Waals surface area contributed by atoms with Gasteiger partial charge in [-0.1, -0.05) is 0 Å². The van der Waals surface area contributed by atoms with Crippen molar-refractivity contribution in [2.24, 2.45) is 0 Å². The quantitative estimate of drug-likeness (QED) is 0.896. The molecule has 5 nitrogen and oxygen atoms in total. The van der Waals surface area contributed by atoms with Gasteiger partial charge in [-0.05, 0) is 25.1 Å². The molecule has 0 atom stereocenters. The lowest BCUT2D eigenvalue weighted by atomic mass is 10.1. The van der Waals surface area contributed by atoms with E-state index in [1.807, 2.05) is 19.1 Å². The number of nitrogens with zero attached hydrogens (tertiary/aromatic N) is 2. The van der Waals surface area contributed by atoms with Gasteiger partial charge in [-0.2, -0.15) is 0 Å². The topological polar surface area (TPSA) is 70.3 Å². The third-order valence-electron chi connectivity index (χ3n) is 2.66. The lowest BCUT2D eigenvalue weighted by Gasteiger charge is -2.11. The number of aromatic nitrogens is 2. The van der Waals surface area contributed by atoms with Crippen LogP contribution in [-0.2, 0) is 0 Å². The summed E-state index contributed by atoms with van der Waals surface area (Å²) in [6, 6.07) is 5.54. The van der Waals surface area contributed by atoms with Gasteiger partial charge in [0.1, 0.15) is 5.82 Å². The highest BCUT2D eigenvalue weighted by molar-refractivity contribution is 5.68. The summed E-state index contributed by atoms with van der Waals surface area (Å²) in [5.41, 5.74) is 8.30. The zero-order valence-corrected chi connectivity index (χ0v) is 10.6. The van der Waals surface area contributed by atoms with Crippen LogP contribution in [0.3, 0.4) is 0 Å². The first-order valence-corrected chi connectivity index (χ1v) is 5.47. The van der Waals surface area contributed by atoms with Gasteiger partial charge in [-0.3, -0.25) is 0 Å². The van der Waals surface area contributed by atoms with Crippen molar-refractivity contribution in [3.05, 3.63) is 30.1 Å². The van der Waals surface area contributed by atoms with Crippen molar-refractivity contribution in [3.63, 3.8) is 0 Å². The van der Waals surface area contributed by atoms with Crippen molar-refractivity contribution in [2.45, 2.75) is 6.92 Å². The Balaban J connectivity index is 2.54. The molecule has 2 aromatic rings. The molecule has 18 heavy (non-hydrogen) atoms. The second kappa shape index (κ2) is 4.91. The first-order chi connectivity index (χ1) is 8.65. The van der Waals surface area contributed by atoms with Gasteiger partial charge in [0.25, 0.3) is 5.88 Å². The predicted molar refractivity (Wildman–Crippen MR) is 69.7 cm³/mol. The van der Waals surface area contributed by atoms with Crippen molar-refractivity contribution in [1.29, 1.82) is 0 Å². The Morgan fingerprint density at radius 3 is 2.50 bits per heavy atom. The SMILES string of the molecule is COc1cc(-c2ccc(N)nc2)c(C)nc1OC. The fourth-order valence-electron chi connectivity index (χ4n) is 1.71. The highest BCUT2D eigenvalue weighted by atomic mass is 16.5. The number of pyridine rings is 2. The summed E-state index contributed by atoms with van der Waals surface area (Å²) in [6.45, 7) is 1.91. The molecule has 0 radical (unpaired) electrons. The van der Waals surface area contributed by atoms with Gasteiger partial charge in [-0.15, -0.1) is 0 Å². The van der Waals surface area contributed by atoms with Crippen LogP contribution in [0, 0.1) is 6.92 Å². The second-order valence-electron chi connectivity index (χ2n) is 3.80. The maximum Gasteiger partial charge on any atom is 0.256 e. The van der Waals surface area contributed by atoms with Crippen LogP contribution in [0.25, 0.3) is 11.1 Å². The van der Waals surface area contributed by atoms with Crippen molar-refractivity contribution in [1.82, 2.24) is 9.97 Å². The molecule has 0 saturated heterocycles. The molecule has 0 bridgehead atoms. The predicted octanol–water partition coefficient (Wildman–Crippen LogP) is 2.05. The first-order valence-electron chi connectivity index (χ1n) is 5.47. The van der Waals surface area contributed by atoms with Crippen molar-refractivity contribution in [2.75, 3.05) is 20.0 Å². The third kappa shape index (κ3) is 2.20. The second-order valence-corrected chi connectivity index (χ2v) is 3.80. The molecule has 0 saturated carbocycles. The van der Waals surface area contributed by atoms with Crippen LogP contribution in [0.4, 0.5) is 5.82 Å². The smallest absolute Gasteiger partial charge is 0.256 e. The first kappa shape index (κ1) is 12.2. The zero-order chi connectivity index (χ0) is 13.1. The summed E-state index contributed by atoms with van der Waals surface area (Å²) in [7, 11) is 3.15. The van der Waals surface area contributed by atoms with Crippen LogP contribution < -0.4 is 15.2 Å². The average molecular weight is 245 g/mol. The molecule has 0 aliphatic heterocycles. The van der Waals surface area contributed by atoms with E-state index in [1.165, 1.54) is 0 Å². The van der Waals surface area contributed by atoms with Crippen LogP contribution >= 0.6 is 0 Å². The Kier molecular flexibility index (Phi) is 3.32. The van der Waals surface area contributed by atoms with Crippen LogP contribution in [0.15, 0.2) is 24.4 Å². The van der Waals surface area contributed by atoms with E-state index in [0.717, 1.165) is 16.8 Å². The van der Waals surface area contributed by atoms with E-state index < -0.39 is 0 Å². The van der Waals surface area contributed by atoms with Crippen LogP contribution in [0.2, 0.25) is 0 Å². The van der Waals surface area contributed by atoms with Crippen molar-refractivity contribution < 1.29 is 9.47 Å². The Labute approximate surface area is 106 Å². The van der Waals surface area contributed by atoms with Gasteiger partial charge in [0.05, 0.1) is 14.2 Å². The molecule has 2 aromatic heterocycles. The lowest BCUT2D eigenvalue weighted by molar-refractivity contribution is 0.342. The van der Waals surface area contributed by atoms with Crippen LogP contribution in [0.1, 0.15) is 5.69 Å². The van der Waals surface area contributed by atoms with E-state index in [0.29, 0.717) is 17.4 Å². The van der Waals surface area contributed by atoms with Crippen molar-refractivity contribution in [3.8, 4) is 22.8 Å². The van der Waals surface area contributed by atoms with Gasteiger partial charge in [0, 0.05) is 23.0 Å². The Bertz CT molecular complexity index is 553. The minimum absolute atomic E-state index is 0.474.